The van der Waals surface area contributed by atoms with Crippen LogP contribution in [-0.4, -0.2) is 17.8 Å². The van der Waals surface area contributed by atoms with E-state index in [9.17, 15) is 14.4 Å². The molecule has 0 spiro atoms. The molecule has 1 saturated heterocycles. The molecule has 3 aromatic rings. The van der Waals surface area contributed by atoms with Crippen molar-refractivity contribution in [1.82, 2.24) is 10.6 Å². The predicted molar refractivity (Wildman–Crippen MR) is 112 cm³/mol. The minimum Gasteiger partial charge on any atom is -0.488 e. The normalized spacial score (nSPS) is 13.8. The third-order valence-electron chi connectivity index (χ3n) is 4.50. The van der Waals surface area contributed by atoms with Gasteiger partial charge in [-0.15, -0.1) is 0 Å². The molecule has 1 fully saturated rings. The first-order valence-corrected chi connectivity index (χ1v) is 9.58. The Balaban J connectivity index is 1.78. The van der Waals surface area contributed by atoms with Gasteiger partial charge in [-0.3, -0.25) is 20.2 Å². The molecule has 0 radical (unpaired) electrons. The van der Waals surface area contributed by atoms with Crippen molar-refractivity contribution in [3.8, 4) is 5.75 Å². The van der Waals surface area contributed by atoms with Gasteiger partial charge in [0.25, 0.3) is 11.8 Å². The number of carbonyl (C=O) groups excluding carboxylic acids is 3. The molecule has 144 valence electrons. The molecular formula is C22H15BrN2O4. The van der Waals surface area contributed by atoms with E-state index in [1.54, 1.807) is 6.07 Å². The number of halogens is 1. The smallest absolute Gasteiger partial charge is 0.328 e. The average molecular weight is 451 g/mol. The number of hydrogen-bond donors (Lipinski definition) is 2. The summed E-state index contributed by atoms with van der Waals surface area (Å²) in [5, 5.41) is 5.93. The molecule has 1 aliphatic rings. The van der Waals surface area contributed by atoms with E-state index in [0.717, 1.165) is 20.8 Å². The van der Waals surface area contributed by atoms with E-state index < -0.39 is 17.8 Å². The first-order valence-electron chi connectivity index (χ1n) is 8.79. The Morgan fingerprint density at radius 3 is 2.31 bits per heavy atom. The van der Waals surface area contributed by atoms with Gasteiger partial charge in [0.05, 0.1) is 0 Å². The molecule has 4 amide bonds. The minimum atomic E-state index is -0.833. The summed E-state index contributed by atoms with van der Waals surface area (Å²) >= 11 is 3.50. The number of hydrogen-bond acceptors (Lipinski definition) is 4. The highest BCUT2D eigenvalue weighted by Crippen LogP contribution is 2.31. The molecule has 6 nitrogen and oxygen atoms in total. The zero-order chi connectivity index (χ0) is 20.4. The Morgan fingerprint density at radius 1 is 0.862 bits per heavy atom. The van der Waals surface area contributed by atoms with Crippen molar-refractivity contribution in [2.45, 2.75) is 6.61 Å². The van der Waals surface area contributed by atoms with Gasteiger partial charge in [-0.2, -0.15) is 0 Å². The molecule has 3 aromatic carbocycles. The van der Waals surface area contributed by atoms with Gasteiger partial charge < -0.3 is 4.74 Å². The molecule has 1 heterocycles. The molecule has 0 aromatic heterocycles. The van der Waals surface area contributed by atoms with Crippen LogP contribution in [0.1, 0.15) is 11.1 Å². The van der Waals surface area contributed by atoms with Gasteiger partial charge in [-0.25, -0.2) is 4.79 Å². The van der Waals surface area contributed by atoms with Crippen LogP contribution in [0.2, 0.25) is 0 Å². The van der Waals surface area contributed by atoms with E-state index in [4.69, 9.17) is 4.74 Å². The molecule has 0 bridgehead atoms. The molecule has 4 rings (SSSR count). The molecular weight excluding hydrogens is 436 g/mol. The zero-order valence-corrected chi connectivity index (χ0v) is 16.7. The van der Waals surface area contributed by atoms with Gasteiger partial charge >= 0.3 is 6.03 Å². The zero-order valence-electron chi connectivity index (χ0n) is 15.1. The first-order chi connectivity index (χ1) is 14.0. The highest BCUT2D eigenvalue weighted by atomic mass is 79.9. The predicted octanol–water partition coefficient (Wildman–Crippen LogP) is 3.93. The quantitative estimate of drug-likeness (QED) is 0.465. The van der Waals surface area contributed by atoms with E-state index in [1.165, 1.54) is 6.08 Å². The lowest BCUT2D eigenvalue weighted by Crippen LogP contribution is -2.51. The van der Waals surface area contributed by atoms with Crippen molar-refractivity contribution in [3.05, 3.63) is 81.8 Å². The second kappa shape index (κ2) is 7.89. The van der Waals surface area contributed by atoms with Crippen LogP contribution in [0.4, 0.5) is 4.79 Å². The molecule has 0 saturated carbocycles. The highest BCUT2D eigenvalue weighted by molar-refractivity contribution is 9.10. The summed E-state index contributed by atoms with van der Waals surface area (Å²) in [6.45, 7) is 0.298. The van der Waals surface area contributed by atoms with Crippen LogP contribution in [0.3, 0.4) is 0 Å². The van der Waals surface area contributed by atoms with Crippen molar-refractivity contribution < 1.29 is 19.1 Å². The molecule has 0 aliphatic carbocycles. The summed E-state index contributed by atoms with van der Waals surface area (Å²) < 4.78 is 6.96. The monoisotopic (exact) mass is 450 g/mol. The maximum absolute atomic E-state index is 12.2. The number of urea groups is 1. The van der Waals surface area contributed by atoms with Gasteiger partial charge in [-0.1, -0.05) is 64.5 Å². The van der Waals surface area contributed by atoms with Crippen LogP contribution in [0.5, 0.6) is 5.75 Å². The van der Waals surface area contributed by atoms with Crippen molar-refractivity contribution in [1.29, 1.82) is 0 Å². The fourth-order valence-electron chi connectivity index (χ4n) is 3.07. The SMILES string of the molecule is O=C1NC(=O)C(=Cc2c(OCc3ccccc3Br)ccc3ccccc23)C(=O)N1. The van der Waals surface area contributed by atoms with Crippen LogP contribution in [-0.2, 0) is 16.2 Å². The molecule has 29 heavy (non-hydrogen) atoms. The summed E-state index contributed by atoms with van der Waals surface area (Å²) in [6.07, 6.45) is 1.45. The third-order valence-corrected chi connectivity index (χ3v) is 5.28. The van der Waals surface area contributed by atoms with Crippen LogP contribution >= 0.6 is 15.9 Å². The fourth-order valence-corrected chi connectivity index (χ4v) is 3.47. The topological polar surface area (TPSA) is 84.5 Å². The number of benzene rings is 3. The van der Waals surface area contributed by atoms with Gasteiger partial charge in [-0.05, 0) is 29.0 Å². The number of carbonyl (C=O) groups is 3. The average Bonchev–Trinajstić information content (AvgIpc) is 2.70. The first kappa shape index (κ1) is 18.9. The maximum atomic E-state index is 12.2. The van der Waals surface area contributed by atoms with Crippen LogP contribution in [0, 0.1) is 0 Å². The van der Waals surface area contributed by atoms with E-state index in [2.05, 4.69) is 26.6 Å². The number of rotatable bonds is 4. The Kier molecular flexibility index (Phi) is 5.14. The third kappa shape index (κ3) is 3.90. The Bertz CT molecular complexity index is 1160. The Hall–Kier alpha value is -3.45. The summed E-state index contributed by atoms with van der Waals surface area (Å²) in [6, 6.07) is 18.2. The Morgan fingerprint density at radius 2 is 1.55 bits per heavy atom. The van der Waals surface area contributed by atoms with Gasteiger partial charge in [0, 0.05) is 15.6 Å². The van der Waals surface area contributed by atoms with Crippen LogP contribution in [0.25, 0.3) is 16.8 Å². The maximum Gasteiger partial charge on any atom is 0.328 e. The van der Waals surface area contributed by atoms with Crippen LogP contribution < -0.4 is 15.4 Å². The van der Waals surface area contributed by atoms with Crippen molar-refractivity contribution >= 4 is 50.6 Å². The van der Waals surface area contributed by atoms with E-state index >= 15 is 0 Å². The second-order valence-electron chi connectivity index (χ2n) is 6.37. The summed E-state index contributed by atoms with van der Waals surface area (Å²) in [5.74, 6) is -0.976. The van der Waals surface area contributed by atoms with Gasteiger partial charge in [0.15, 0.2) is 0 Å². The number of barbiturate groups is 1. The lowest BCUT2D eigenvalue weighted by atomic mass is 10.00. The molecule has 0 unspecified atom stereocenters. The number of amides is 4. The van der Waals surface area contributed by atoms with Gasteiger partial charge in [0.2, 0.25) is 0 Å². The van der Waals surface area contributed by atoms with Crippen molar-refractivity contribution in [2.24, 2.45) is 0 Å². The number of ether oxygens (including phenoxy) is 1. The lowest BCUT2D eigenvalue weighted by molar-refractivity contribution is -0.123. The van der Waals surface area contributed by atoms with Crippen molar-refractivity contribution in [2.75, 3.05) is 0 Å². The Labute approximate surface area is 174 Å². The highest BCUT2D eigenvalue weighted by Gasteiger charge is 2.28. The van der Waals surface area contributed by atoms with E-state index in [1.807, 2.05) is 54.6 Å². The van der Waals surface area contributed by atoms with E-state index in [-0.39, 0.29) is 5.57 Å². The second-order valence-corrected chi connectivity index (χ2v) is 7.23. The number of fused-ring (bicyclic) bond motifs is 1. The van der Waals surface area contributed by atoms with Crippen molar-refractivity contribution in [3.63, 3.8) is 0 Å². The number of imide groups is 2. The fraction of sp³-hybridized carbons (Fsp3) is 0.0455. The summed E-state index contributed by atoms with van der Waals surface area (Å²) in [7, 11) is 0. The largest absolute Gasteiger partial charge is 0.488 e. The van der Waals surface area contributed by atoms with Gasteiger partial charge in [0.1, 0.15) is 17.9 Å². The standard InChI is InChI=1S/C22H15BrN2O4/c23-18-8-4-2-6-14(18)12-29-19-10-9-13-5-1-3-7-15(13)16(19)11-17-20(26)24-22(28)25-21(17)27/h1-11H,12H2,(H2,24,25,26,27,28). The minimum absolute atomic E-state index is 0.160. The lowest BCUT2D eigenvalue weighted by Gasteiger charge is -2.16. The molecule has 2 N–H and O–H groups in total. The summed E-state index contributed by atoms with van der Waals surface area (Å²) in [5.41, 5.74) is 1.38. The van der Waals surface area contributed by atoms with E-state index in [0.29, 0.717) is 17.9 Å². The molecule has 7 heteroatoms. The summed E-state index contributed by atoms with van der Waals surface area (Å²) in [4.78, 5) is 35.7. The number of nitrogens with one attached hydrogen (secondary N) is 2. The molecule has 1 aliphatic heterocycles. The van der Waals surface area contributed by atoms with Crippen LogP contribution in [0.15, 0.2) is 70.7 Å². The molecule has 0 atom stereocenters.